The van der Waals surface area contributed by atoms with Crippen LogP contribution in [0.25, 0.3) is 0 Å². The molecule has 4 heteroatoms. The fraction of sp³-hybridized carbons (Fsp3) is 0.562. The van der Waals surface area contributed by atoms with E-state index in [2.05, 4.69) is 5.32 Å². The Hall–Kier alpha value is -1.55. The summed E-state index contributed by atoms with van der Waals surface area (Å²) in [5.41, 5.74) is 0.376. The van der Waals surface area contributed by atoms with Gasteiger partial charge in [-0.3, -0.25) is 4.79 Å². The Labute approximate surface area is 121 Å². The van der Waals surface area contributed by atoms with Crippen LogP contribution in [0.2, 0.25) is 0 Å². The molecule has 1 rings (SSSR count). The minimum atomic E-state index is -0.729. The van der Waals surface area contributed by atoms with Gasteiger partial charge < -0.3 is 15.2 Å². The number of hydrogen-bond acceptors (Lipinski definition) is 3. The highest BCUT2D eigenvalue weighted by Crippen LogP contribution is 2.26. The molecule has 112 valence electrons. The van der Waals surface area contributed by atoms with Crippen LogP contribution in [-0.2, 0) is 11.3 Å². The third kappa shape index (κ3) is 3.97. The van der Waals surface area contributed by atoms with E-state index in [0.29, 0.717) is 32.5 Å². The molecule has 0 atom stereocenters. The second-order valence-corrected chi connectivity index (χ2v) is 4.94. The highest BCUT2D eigenvalue weighted by Gasteiger charge is 2.34. The van der Waals surface area contributed by atoms with Gasteiger partial charge >= 0.3 is 5.97 Å². The molecule has 1 aromatic carbocycles. The maximum atomic E-state index is 11.4. The lowest BCUT2D eigenvalue weighted by molar-refractivity contribution is -0.149. The van der Waals surface area contributed by atoms with Crippen molar-refractivity contribution >= 4 is 5.97 Å². The van der Waals surface area contributed by atoms with Gasteiger partial charge in [0, 0.05) is 18.7 Å². The molecule has 0 saturated heterocycles. The molecule has 1 aromatic rings. The second kappa shape index (κ2) is 7.90. The van der Waals surface area contributed by atoms with Crippen LogP contribution in [0.4, 0.5) is 0 Å². The number of carboxylic acids is 1. The van der Waals surface area contributed by atoms with Crippen LogP contribution < -0.4 is 10.1 Å². The molecule has 0 unspecified atom stereocenters. The summed E-state index contributed by atoms with van der Waals surface area (Å²) < 4.78 is 5.56. The van der Waals surface area contributed by atoms with Gasteiger partial charge in [-0.1, -0.05) is 32.0 Å². The first kappa shape index (κ1) is 16.5. The Morgan fingerprint density at radius 1 is 1.25 bits per heavy atom. The van der Waals surface area contributed by atoms with Gasteiger partial charge in [0.2, 0.25) is 0 Å². The van der Waals surface area contributed by atoms with Crippen molar-refractivity contribution in [2.24, 2.45) is 5.41 Å². The van der Waals surface area contributed by atoms with Crippen molar-refractivity contribution in [1.29, 1.82) is 0 Å². The maximum absolute atomic E-state index is 11.4. The molecule has 0 amide bonds. The highest BCUT2D eigenvalue weighted by atomic mass is 16.5. The highest BCUT2D eigenvalue weighted by molar-refractivity contribution is 5.74. The Morgan fingerprint density at radius 3 is 2.45 bits per heavy atom. The van der Waals surface area contributed by atoms with Crippen molar-refractivity contribution in [2.75, 3.05) is 13.2 Å². The van der Waals surface area contributed by atoms with Gasteiger partial charge in [-0.15, -0.1) is 0 Å². The van der Waals surface area contributed by atoms with Gasteiger partial charge in [0.25, 0.3) is 0 Å². The minimum absolute atomic E-state index is 0.468. The van der Waals surface area contributed by atoms with Crippen LogP contribution in [-0.4, -0.2) is 24.2 Å². The topological polar surface area (TPSA) is 58.6 Å². The molecule has 0 aliphatic rings. The van der Waals surface area contributed by atoms with Crippen LogP contribution in [0.5, 0.6) is 5.75 Å². The standard InChI is InChI=1S/C16H25NO3/c1-4-16(5-2,15(18)19)12-17-11-13-9-7-8-10-14(13)20-6-3/h7-10,17H,4-6,11-12H2,1-3H3,(H,18,19). The molecule has 0 aromatic heterocycles. The fourth-order valence-electron chi connectivity index (χ4n) is 2.26. The monoisotopic (exact) mass is 279 g/mol. The lowest BCUT2D eigenvalue weighted by atomic mass is 9.82. The third-order valence-electron chi connectivity index (χ3n) is 3.86. The first-order valence-corrected chi connectivity index (χ1v) is 7.24. The molecule has 0 aliphatic heterocycles. The number of carboxylic acid groups (broad SMARTS) is 1. The van der Waals surface area contributed by atoms with Crippen LogP contribution in [0.3, 0.4) is 0 Å². The SMILES string of the molecule is CCOc1ccccc1CNCC(CC)(CC)C(=O)O. The molecule has 0 saturated carbocycles. The number of nitrogens with one attached hydrogen (secondary N) is 1. The quantitative estimate of drug-likeness (QED) is 0.729. The average Bonchev–Trinajstić information content (AvgIpc) is 2.45. The minimum Gasteiger partial charge on any atom is -0.494 e. The van der Waals surface area contributed by atoms with E-state index in [0.717, 1.165) is 11.3 Å². The van der Waals surface area contributed by atoms with Gasteiger partial charge in [0.15, 0.2) is 0 Å². The predicted molar refractivity (Wildman–Crippen MR) is 80.0 cm³/mol. The summed E-state index contributed by atoms with van der Waals surface area (Å²) in [4.78, 5) is 11.4. The smallest absolute Gasteiger partial charge is 0.310 e. The average molecular weight is 279 g/mol. The van der Waals surface area contributed by atoms with Crippen LogP contribution >= 0.6 is 0 Å². The predicted octanol–water partition coefficient (Wildman–Crippen LogP) is 3.07. The molecule has 0 spiro atoms. The number of aliphatic carboxylic acids is 1. The normalized spacial score (nSPS) is 11.3. The number of para-hydroxylation sites is 1. The van der Waals surface area contributed by atoms with E-state index in [9.17, 15) is 9.90 Å². The Morgan fingerprint density at radius 2 is 1.90 bits per heavy atom. The molecule has 0 fully saturated rings. The van der Waals surface area contributed by atoms with Crippen LogP contribution in [0, 0.1) is 5.41 Å². The summed E-state index contributed by atoms with van der Waals surface area (Å²) in [6, 6.07) is 7.83. The molecule has 0 radical (unpaired) electrons. The largest absolute Gasteiger partial charge is 0.494 e. The zero-order valence-corrected chi connectivity index (χ0v) is 12.6. The molecular weight excluding hydrogens is 254 g/mol. The summed E-state index contributed by atoms with van der Waals surface area (Å²) in [5.74, 6) is 0.129. The lowest BCUT2D eigenvalue weighted by Gasteiger charge is -2.27. The fourth-order valence-corrected chi connectivity index (χ4v) is 2.26. The number of benzene rings is 1. The summed E-state index contributed by atoms with van der Waals surface area (Å²) in [7, 11) is 0. The zero-order chi connectivity index (χ0) is 15.0. The van der Waals surface area contributed by atoms with E-state index >= 15 is 0 Å². The molecule has 4 nitrogen and oxygen atoms in total. The summed E-state index contributed by atoms with van der Waals surface area (Å²) in [6.07, 6.45) is 1.25. The van der Waals surface area contributed by atoms with Gasteiger partial charge in [-0.05, 0) is 25.8 Å². The van der Waals surface area contributed by atoms with Gasteiger partial charge in [0.05, 0.1) is 12.0 Å². The van der Waals surface area contributed by atoms with Crippen LogP contribution in [0.15, 0.2) is 24.3 Å². The first-order chi connectivity index (χ1) is 9.59. The lowest BCUT2D eigenvalue weighted by Crippen LogP contribution is -2.40. The molecule has 0 heterocycles. The maximum Gasteiger partial charge on any atom is 0.310 e. The summed E-state index contributed by atoms with van der Waals surface area (Å²) in [6.45, 7) is 7.51. The summed E-state index contributed by atoms with van der Waals surface area (Å²) >= 11 is 0. The van der Waals surface area contributed by atoms with Crippen LogP contribution in [0.1, 0.15) is 39.2 Å². The Balaban J connectivity index is 2.66. The van der Waals surface area contributed by atoms with Crippen molar-refractivity contribution in [3.05, 3.63) is 29.8 Å². The molecule has 2 N–H and O–H groups in total. The van der Waals surface area contributed by atoms with Gasteiger partial charge in [-0.2, -0.15) is 0 Å². The second-order valence-electron chi connectivity index (χ2n) is 4.94. The zero-order valence-electron chi connectivity index (χ0n) is 12.6. The molecular formula is C16H25NO3. The van der Waals surface area contributed by atoms with Crippen molar-refractivity contribution < 1.29 is 14.6 Å². The Kier molecular flexibility index (Phi) is 6.52. The number of rotatable bonds is 9. The van der Waals surface area contributed by atoms with Crippen molar-refractivity contribution in [3.8, 4) is 5.75 Å². The van der Waals surface area contributed by atoms with E-state index in [4.69, 9.17) is 4.74 Å². The number of hydrogen-bond donors (Lipinski definition) is 2. The number of ether oxygens (including phenoxy) is 1. The third-order valence-corrected chi connectivity index (χ3v) is 3.86. The van der Waals surface area contributed by atoms with E-state index in [1.165, 1.54) is 0 Å². The van der Waals surface area contributed by atoms with Gasteiger partial charge in [0.1, 0.15) is 5.75 Å². The van der Waals surface area contributed by atoms with E-state index in [1.807, 2.05) is 45.0 Å². The van der Waals surface area contributed by atoms with Crippen molar-refractivity contribution in [1.82, 2.24) is 5.32 Å². The molecule has 0 aliphatic carbocycles. The molecule has 0 bridgehead atoms. The first-order valence-electron chi connectivity index (χ1n) is 7.24. The van der Waals surface area contributed by atoms with E-state index < -0.39 is 11.4 Å². The van der Waals surface area contributed by atoms with Crippen molar-refractivity contribution in [2.45, 2.75) is 40.2 Å². The van der Waals surface area contributed by atoms with Crippen molar-refractivity contribution in [3.63, 3.8) is 0 Å². The number of carbonyl (C=O) groups is 1. The van der Waals surface area contributed by atoms with Gasteiger partial charge in [-0.25, -0.2) is 0 Å². The molecule has 20 heavy (non-hydrogen) atoms. The Bertz CT molecular complexity index is 427. The van der Waals surface area contributed by atoms with E-state index in [-0.39, 0.29) is 0 Å². The summed E-state index contributed by atoms with van der Waals surface area (Å²) in [5, 5.41) is 12.7. The van der Waals surface area contributed by atoms with E-state index in [1.54, 1.807) is 0 Å².